The van der Waals surface area contributed by atoms with E-state index in [0.29, 0.717) is 11.1 Å². The Balaban J connectivity index is 1.82. The molecule has 0 heterocycles. The molecule has 2 aromatic carbocycles. The van der Waals surface area contributed by atoms with Crippen LogP contribution in [0.1, 0.15) is 34.2 Å². The van der Waals surface area contributed by atoms with Crippen LogP contribution in [0.15, 0.2) is 53.3 Å². The normalized spacial score (nSPS) is 27.5. The monoisotopic (exact) mass is 530 g/mol. The molecule has 1 fully saturated rings. The molecule has 9 heteroatoms. The summed E-state index contributed by atoms with van der Waals surface area (Å²) in [7, 11) is 3.13. The molecule has 1 saturated carbocycles. The Hall–Kier alpha value is -4.21. The summed E-state index contributed by atoms with van der Waals surface area (Å²) in [5, 5.41) is 44.9. The van der Waals surface area contributed by atoms with Gasteiger partial charge in [0.15, 0.2) is 11.4 Å². The van der Waals surface area contributed by atoms with Crippen molar-refractivity contribution in [2.75, 3.05) is 14.1 Å². The maximum absolute atomic E-state index is 14.2. The van der Waals surface area contributed by atoms with Crippen LogP contribution >= 0.6 is 0 Å². The number of rotatable bonds is 3. The first-order valence-corrected chi connectivity index (χ1v) is 12.6. The molecule has 0 aromatic heterocycles. The molecule has 2 aromatic rings. The van der Waals surface area contributed by atoms with E-state index in [1.165, 1.54) is 11.0 Å². The number of nitrogens with two attached hydrogens (primary N) is 1. The fraction of sp³-hybridized carbons (Fsp3) is 0.300. The average molecular weight is 531 g/mol. The third kappa shape index (κ3) is 3.72. The van der Waals surface area contributed by atoms with Crippen molar-refractivity contribution in [1.82, 2.24) is 4.90 Å². The lowest BCUT2D eigenvalue weighted by Gasteiger charge is -2.50. The van der Waals surface area contributed by atoms with Crippen molar-refractivity contribution in [3.8, 4) is 5.75 Å². The van der Waals surface area contributed by atoms with Crippen molar-refractivity contribution in [2.24, 2.45) is 17.6 Å². The van der Waals surface area contributed by atoms with Gasteiger partial charge in [-0.15, -0.1) is 0 Å². The Labute approximate surface area is 225 Å². The number of nitrogens with zero attached hydrogens (tertiary/aromatic N) is 1. The largest absolute Gasteiger partial charge is 0.508 e. The van der Waals surface area contributed by atoms with Gasteiger partial charge in [-0.1, -0.05) is 47.5 Å². The van der Waals surface area contributed by atoms with Gasteiger partial charge >= 0.3 is 0 Å². The third-order valence-corrected chi connectivity index (χ3v) is 8.05. The summed E-state index contributed by atoms with van der Waals surface area (Å²) in [5.41, 5.74) is 5.60. The minimum absolute atomic E-state index is 0.0180. The van der Waals surface area contributed by atoms with Crippen LogP contribution in [-0.4, -0.2) is 68.5 Å². The highest BCUT2D eigenvalue weighted by molar-refractivity contribution is 6.25. The summed E-state index contributed by atoms with van der Waals surface area (Å²) < 4.78 is 0. The van der Waals surface area contributed by atoms with Crippen LogP contribution in [0.25, 0.3) is 17.4 Å². The second-order valence-corrected chi connectivity index (χ2v) is 10.8. The zero-order chi connectivity index (χ0) is 28.5. The maximum Gasteiger partial charge on any atom is 0.255 e. The van der Waals surface area contributed by atoms with Crippen molar-refractivity contribution in [2.45, 2.75) is 31.9 Å². The number of aryl methyl sites for hydroxylation is 2. The molecule has 0 unspecified atom stereocenters. The van der Waals surface area contributed by atoms with Gasteiger partial charge in [-0.3, -0.25) is 19.3 Å². The molecule has 6 N–H and O–H groups in total. The van der Waals surface area contributed by atoms with Crippen LogP contribution in [0.4, 0.5) is 0 Å². The number of aliphatic hydroxyl groups excluding tert-OH is 2. The van der Waals surface area contributed by atoms with Crippen LogP contribution in [0, 0.1) is 25.7 Å². The molecule has 0 aliphatic heterocycles. The molecular weight excluding hydrogens is 500 g/mol. The molecule has 5 rings (SSSR count). The molecule has 3 aliphatic rings. The van der Waals surface area contributed by atoms with E-state index in [4.69, 9.17) is 5.73 Å². The second-order valence-electron chi connectivity index (χ2n) is 10.8. The first-order chi connectivity index (χ1) is 18.3. The van der Waals surface area contributed by atoms with E-state index in [1.54, 1.807) is 26.2 Å². The van der Waals surface area contributed by atoms with Gasteiger partial charge in [0, 0.05) is 17.4 Å². The Kier molecular flexibility index (Phi) is 6.04. The van der Waals surface area contributed by atoms with Crippen molar-refractivity contribution >= 4 is 34.9 Å². The number of aromatic hydroxyl groups is 1. The number of phenols is 1. The first-order valence-electron chi connectivity index (χ1n) is 12.6. The van der Waals surface area contributed by atoms with Crippen LogP contribution < -0.4 is 5.73 Å². The van der Waals surface area contributed by atoms with E-state index in [-0.39, 0.29) is 23.3 Å². The number of hydrogen-bond acceptors (Lipinski definition) is 8. The molecule has 0 spiro atoms. The number of amides is 1. The summed E-state index contributed by atoms with van der Waals surface area (Å²) in [6, 6.07) is 9.50. The van der Waals surface area contributed by atoms with Gasteiger partial charge in [0.25, 0.3) is 5.91 Å². The zero-order valence-corrected chi connectivity index (χ0v) is 22.0. The smallest absolute Gasteiger partial charge is 0.255 e. The Morgan fingerprint density at radius 1 is 1.08 bits per heavy atom. The zero-order valence-electron chi connectivity index (χ0n) is 22.0. The van der Waals surface area contributed by atoms with Crippen molar-refractivity contribution < 1.29 is 34.8 Å². The van der Waals surface area contributed by atoms with Crippen LogP contribution in [0.5, 0.6) is 5.75 Å². The number of likely N-dealkylation sites (N-methyl/N-ethyl adjacent to an activating group) is 1. The fourth-order valence-corrected chi connectivity index (χ4v) is 6.54. The molecule has 0 radical (unpaired) electrons. The highest BCUT2D eigenvalue weighted by atomic mass is 16.3. The van der Waals surface area contributed by atoms with Crippen LogP contribution in [0.2, 0.25) is 0 Å². The summed E-state index contributed by atoms with van der Waals surface area (Å²) in [5.74, 6) is -7.01. The number of primary amides is 1. The predicted molar refractivity (Wildman–Crippen MR) is 144 cm³/mol. The lowest BCUT2D eigenvalue weighted by molar-refractivity contribution is -0.152. The van der Waals surface area contributed by atoms with E-state index >= 15 is 0 Å². The van der Waals surface area contributed by atoms with Crippen molar-refractivity contribution in [3.63, 3.8) is 0 Å². The molecule has 39 heavy (non-hydrogen) atoms. The van der Waals surface area contributed by atoms with Gasteiger partial charge in [-0.05, 0) is 57.1 Å². The molecule has 202 valence electrons. The summed E-state index contributed by atoms with van der Waals surface area (Å²) >= 11 is 0. The number of allylic oxidation sites excluding steroid dienone is 1. The lowest BCUT2D eigenvalue weighted by Crippen LogP contribution is -2.65. The summed E-state index contributed by atoms with van der Waals surface area (Å²) in [4.78, 5) is 41.1. The summed E-state index contributed by atoms with van der Waals surface area (Å²) in [6.45, 7) is 3.91. The Morgan fingerprint density at radius 3 is 2.31 bits per heavy atom. The van der Waals surface area contributed by atoms with E-state index in [1.807, 2.05) is 38.1 Å². The Bertz CT molecular complexity index is 1540. The molecule has 0 saturated heterocycles. The minimum atomic E-state index is -2.69. The standard InChI is InChI=1S/C30H30N2O7/c1-13-8-14(2)10-15(9-13)11-17-16-6-5-7-20(33)21(16)25(34)22-18(17)12-19-24(32(3)4)26(35)23(29(31)38)28(37)30(19,39)27(22)36/h5-11,18-19,24,33-34,37,39H,12H2,1-4H3,(H2,31,38)/b17-11+/t18-,19+,24+,30+/m1/s1. The van der Waals surface area contributed by atoms with Crippen molar-refractivity contribution in [3.05, 3.63) is 81.1 Å². The molecule has 0 bridgehead atoms. The van der Waals surface area contributed by atoms with E-state index in [9.17, 15) is 34.8 Å². The summed E-state index contributed by atoms with van der Waals surface area (Å²) in [6.07, 6.45) is 1.84. The highest BCUT2D eigenvalue weighted by Gasteiger charge is 2.64. The fourth-order valence-electron chi connectivity index (χ4n) is 6.54. The van der Waals surface area contributed by atoms with Gasteiger partial charge in [-0.25, -0.2) is 0 Å². The number of aliphatic hydroxyl groups is 3. The molecular formula is C30H30N2O7. The highest BCUT2D eigenvalue weighted by Crippen LogP contribution is 2.56. The number of ketones is 2. The van der Waals surface area contributed by atoms with Crippen molar-refractivity contribution in [1.29, 1.82) is 0 Å². The number of phenolic OH excluding ortho intramolecular Hbond substituents is 1. The number of hydrogen-bond donors (Lipinski definition) is 5. The molecule has 9 nitrogen and oxygen atoms in total. The van der Waals surface area contributed by atoms with Gasteiger partial charge in [0.05, 0.1) is 11.6 Å². The number of carbonyl (C=O) groups is 3. The quantitative estimate of drug-likeness (QED) is 0.378. The molecule has 3 aliphatic carbocycles. The van der Waals surface area contributed by atoms with E-state index < -0.39 is 58.0 Å². The van der Waals surface area contributed by atoms with Gasteiger partial charge in [0.2, 0.25) is 5.78 Å². The Morgan fingerprint density at radius 2 is 1.72 bits per heavy atom. The predicted octanol–water partition coefficient (Wildman–Crippen LogP) is 2.58. The van der Waals surface area contributed by atoms with E-state index in [2.05, 4.69) is 0 Å². The van der Waals surface area contributed by atoms with E-state index in [0.717, 1.165) is 16.7 Å². The number of fused-ring (bicyclic) bond motifs is 3. The van der Waals surface area contributed by atoms with Crippen LogP contribution in [0.3, 0.4) is 0 Å². The number of Topliss-reactive ketones (excluding diaryl/α,β-unsaturated/α-hetero) is 2. The van der Waals surface area contributed by atoms with Crippen LogP contribution in [-0.2, 0) is 14.4 Å². The molecule has 4 atom stereocenters. The van der Waals surface area contributed by atoms with Gasteiger partial charge in [0.1, 0.15) is 22.8 Å². The van der Waals surface area contributed by atoms with Gasteiger partial charge < -0.3 is 26.2 Å². The topological polar surface area (TPSA) is 161 Å². The molecule has 1 amide bonds. The number of carbonyl (C=O) groups excluding carboxylic acids is 3. The second kappa shape index (κ2) is 8.93. The maximum atomic E-state index is 14.2. The number of benzene rings is 2. The SMILES string of the molecule is Cc1cc(C)cc(/C=C2\c3cccc(O)c3C(O)=C3C(=O)[C@]4(O)C(O)=C(C(N)=O)C(=O)[C@@H](N(C)C)[C@@H]4C[C@@H]32)c1. The first kappa shape index (κ1) is 26.4. The van der Waals surface area contributed by atoms with Gasteiger partial charge in [-0.2, -0.15) is 0 Å². The third-order valence-electron chi connectivity index (χ3n) is 8.05. The minimum Gasteiger partial charge on any atom is -0.508 e. The average Bonchev–Trinajstić information content (AvgIpc) is 2.82. The lowest BCUT2D eigenvalue weighted by atomic mass is 9.56.